The van der Waals surface area contributed by atoms with Crippen LogP contribution in [0.5, 0.6) is 0 Å². The summed E-state index contributed by atoms with van der Waals surface area (Å²) < 4.78 is 4.59. The second-order valence-electron chi connectivity index (χ2n) is 2.97. The second kappa shape index (κ2) is 3.18. The lowest BCUT2D eigenvalue weighted by atomic mass is 10.3. The van der Waals surface area contributed by atoms with Gasteiger partial charge < -0.3 is 9.64 Å². The molecule has 0 radical (unpaired) electrons. The van der Waals surface area contributed by atoms with E-state index in [1.165, 1.54) is 7.11 Å². The van der Waals surface area contributed by atoms with Crippen LogP contribution >= 0.6 is 0 Å². The summed E-state index contributed by atoms with van der Waals surface area (Å²) in [6.45, 7) is 2.16. The van der Waals surface area contributed by atoms with Gasteiger partial charge in [-0.15, -0.1) is 0 Å². The summed E-state index contributed by atoms with van der Waals surface area (Å²) in [5.41, 5.74) is 1.60. The van der Waals surface area contributed by atoms with E-state index in [-0.39, 0.29) is 5.97 Å². The van der Waals surface area contributed by atoms with Crippen molar-refractivity contribution in [2.75, 3.05) is 26.9 Å². The zero-order valence-electron chi connectivity index (χ0n) is 7.41. The first kappa shape index (κ1) is 8.25. The van der Waals surface area contributed by atoms with E-state index >= 15 is 0 Å². The summed E-state index contributed by atoms with van der Waals surface area (Å²) in [5.74, 6) is -0.345. The molecule has 0 atom stereocenters. The number of nitrogens with one attached hydrogen (secondary N) is 1. The standard InChI is InChI=1S/C8H11N3O2/c1-13-8(12)7-4-11-5-9-2-6(11)3-10-7/h3,9H,2,4-5H2,1H3. The SMILES string of the molecule is COC(=O)C1=NC=C2CNCN2C1. The van der Waals surface area contributed by atoms with Crippen LogP contribution in [0.25, 0.3) is 0 Å². The van der Waals surface area contributed by atoms with Crippen molar-refractivity contribution in [3.05, 3.63) is 11.9 Å². The molecule has 5 heteroatoms. The van der Waals surface area contributed by atoms with E-state index in [2.05, 4.69) is 19.9 Å². The molecule has 2 aliphatic heterocycles. The highest BCUT2D eigenvalue weighted by Crippen LogP contribution is 2.13. The van der Waals surface area contributed by atoms with E-state index in [0.29, 0.717) is 12.3 Å². The largest absolute Gasteiger partial charge is 0.464 e. The van der Waals surface area contributed by atoms with Gasteiger partial charge in [0.1, 0.15) is 5.71 Å². The molecule has 0 aromatic carbocycles. The molecule has 0 spiro atoms. The summed E-state index contributed by atoms with van der Waals surface area (Å²) in [6.07, 6.45) is 1.72. The highest BCUT2D eigenvalue weighted by molar-refractivity contribution is 6.37. The predicted octanol–water partition coefficient (Wildman–Crippen LogP) is -0.682. The van der Waals surface area contributed by atoms with E-state index in [1.807, 2.05) is 0 Å². The Labute approximate surface area is 76.1 Å². The molecule has 0 bridgehead atoms. The topological polar surface area (TPSA) is 53.9 Å². The minimum absolute atomic E-state index is 0.345. The molecule has 1 N–H and O–H groups in total. The maximum absolute atomic E-state index is 11.1. The third-order valence-electron chi connectivity index (χ3n) is 2.15. The molecule has 5 nitrogen and oxygen atoms in total. The third kappa shape index (κ3) is 1.42. The average molecular weight is 181 g/mol. The number of fused-ring (bicyclic) bond motifs is 1. The average Bonchev–Trinajstić information content (AvgIpc) is 2.63. The Hall–Kier alpha value is -1.36. The maximum atomic E-state index is 11.1. The Bertz CT molecular complexity index is 296. The molecule has 1 saturated heterocycles. The number of carbonyl (C=O) groups excluding carboxylic acids is 1. The number of carbonyl (C=O) groups is 1. The van der Waals surface area contributed by atoms with E-state index in [4.69, 9.17) is 0 Å². The Morgan fingerprint density at radius 2 is 2.62 bits per heavy atom. The lowest BCUT2D eigenvalue weighted by molar-refractivity contribution is -0.132. The molecular weight excluding hydrogens is 170 g/mol. The van der Waals surface area contributed by atoms with Crippen LogP contribution in [0.2, 0.25) is 0 Å². The van der Waals surface area contributed by atoms with Crippen molar-refractivity contribution in [3.63, 3.8) is 0 Å². The van der Waals surface area contributed by atoms with Crippen LogP contribution < -0.4 is 5.32 Å². The maximum Gasteiger partial charge on any atom is 0.354 e. The van der Waals surface area contributed by atoms with Crippen molar-refractivity contribution in [1.82, 2.24) is 10.2 Å². The van der Waals surface area contributed by atoms with Gasteiger partial charge in [0.2, 0.25) is 0 Å². The number of nitrogens with zero attached hydrogens (tertiary/aromatic N) is 2. The van der Waals surface area contributed by atoms with Gasteiger partial charge in [0.15, 0.2) is 0 Å². The van der Waals surface area contributed by atoms with Crippen molar-refractivity contribution in [3.8, 4) is 0 Å². The molecule has 0 aromatic rings. The smallest absolute Gasteiger partial charge is 0.354 e. The van der Waals surface area contributed by atoms with E-state index in [0.717, 1.165) is 18.9 Å². The molecule has 0 unspecified atom stereocenters. The Morgan fingerprint density at radius 1 is 1.77 bits per heavy atom. The third-order valence-corrected chi connectivity index (χ3v) is 2.15. The van der Waals surface area contributed by atoms with E-state index < -0.39 is 0 Å². The molecule has 0 amide bonds. The van der Waals surface area contributed by atoms with Crippen molar-refractivity contribution < 1.29 is 9.53 Å². The quantitative estimate of drug-likeness (QED) is 0.544. The molecule has 13 heavy (non-hydrogen) atoms. The fourth-order valence-electron chi connectivity index (χ4n) is 1.43. The van der Waals surface area contributed by atoms with E-state index in [9.17, 15) is 4.79 Å². The number of hydrogen-bond donors (Lipinski definition) is 1. The van der Waals surface area contributed by atoms with Crippen LogP contribution in [-0.4, -0.2) is 43.4 Å². The predicted molar refractivity (Wildman–Crippen MR) is 47.1 cm³/mol. The Morgan fingerprint density at radius 3 is 3.38 bits per heavy atom. The molecule has 1 fully saturated rings. The van der Waals surface area contributed by atoms with Gasteiger partial charge in [-0.05, 0) is 0 Å². The van der Waals surface area contributed by atoms with Crippen LogP contribution in [0.3, 0.4) is 0 Å². The molecule has 0 aliphatic carbocycles. The van der Waals surface area contributed by atoms with Gasteiger partial charge >= 0.3 is 5.97 Å². The number of rotatable bonds is 1. The molecule has 2 rings (SSSR count). The normalized spacial score (nSPS) is 20.5. The fourth-order valence-corrected chi connectivity index (χ4v) is 1.43. The van der Waals surface area contributed by atoms with Gasteiger partial charge in [-0.2, -0.15) is 0 Å². The van der Waals surface area contributed by atoms with Crippen LogP contribution in [0.4, 0.5) is 0 Å². The summed E-state index contributed by atoms with van der Waals surface area (Å²) in [5, 5.41) is 3.17. The number of aliphatic imine (C=N–C) groups is 1. The minimum Gasteiger partial charge on any atom is -0.464 e. The summed E-state index contributed by atoms with van der Waals surface area (Å²) in [7, 11) is 1.37. The Kier molecular flexibility index (Phi) is 2.02. The number of ether oxygens (including phenoxy) is 1. The van der Waals surface area contributed by atoms with Gasteiger partial charge in [-0.25, -0.2) is 9.79 Å². The van der Waals surface area contributed by atoms with Crippen LogP contribution in [0.15, 0.2) is 16.9 Å². The first-order chi connectivity index (χ1) is 6.31. The zero-order chi connectivity index (χ0) is 9.26. The summed E-state index contributed by atoms with van der Waals surface area (Å²) in [4.78, 5) is 17.2. The molecule has 70 valence electrons. The first-order valence-electron chi connectivity index (χ1n) is 4.11. The molecule has 2 aliphatic rings. The van der Waals surface area contributed by atoms with Gasteiger partial charge in [0.05, 0.1) is 20.3 Å². The highest BCUT2D eigenvalue weighted by atomic mass is 16.5. The monoisotopic (exact) mass is 181 g/mol. The fraction of sp³-hybridized carbons (Fsp3) is 0.500. The molecular formula is C8H11N3O2. The zero-order valence-corrected chi connectivity index (χ0v) is 7.41. The van der Waals surface area contributed by atoms with Crippen molar-refractivity contribution in [1.29, 1.82) is 0 Å². The van der Waals surface area contributed by atoms with Gasteiger partial charge in [-0.1, -0.05) is 0 Å². The van der Waals surface area contributed by atoms with Crippen LogP contribution in [-0.2, 0) is 9.53 Å². The van der Waals surface area contributed by atoms with Gasteiger partial charge in [-0.3, -0.25) is 5.32 Å². The number of hydrogen-bond acceptors (Lipinski definition) is 5. The Balaban J connectivity index is 2.14. The van der Waals surface area contributed by atoms with E-state index in [1.54, 1.807) is 6.20 Å². The summed E-state index contributed by atoms with van der Waals surface area (Å²) in [6, 6.07) is 0. The van der Waals surface area contributed by atoms with Crippen LogP contribution in [0.1, 0.15) is 0 Å². The highest BCUT2D eigenvalue weighted by Gasteiger charge is 2.24. The summed E-state index contributed by atoms with van der Waals surface area (Å²) >= 11 is 0. The first-order valence-corrected chi connectivity index (χ1v) is 4.11. The van der Waals surface area contributed by atoms with Gasteiger partial charge in [0, 0.05) is 18.4 Å². The number of methoxy groups -OCH3 is 1. The van der Waals surface area contributed by atoms with Crippen molar-refractivity contribution in [2.24, 2.45) is 4.99 Å². The molecule has 2 heterocycles. The second-order valence-corrected chi connectivity index (χ2v) is 2.97. The lowest BCUT2D eigenvalue weighted by Crippen LogP contribution is -2.34. The van der Waals surface area contributed by atoms with Crippen molar-refractivity contribution in [2.45, 2.75) is 0 Å². The lowest BCUT2D eigenvalue weighted by Gasteiger charge is -2.21. The molecule has 0 aromatic heterocycles. The molecule has 0 saturated carbocycles. The van der Waals surface area contributed by atoms with Gasteiger partial charge in [0.25, 0.3) is 0 Å². The minimum atomic E-state index is -0.345. The van der Waals surface area contributed by atoms with Crippen LogP contribution in [0, 0.1) is 0 Å². The number of esters is 1. The van der Waals surface area contributed by atoms with Crippen molar-refractivity contribution >= 4 is 11.7 Å².